The second-order valence-electron chi connectivity index (χ2n) is 5.04. The first kappa shape index (κ1) is 13.0. The quantitative estimate of drug-likeness (QED) is 0.720. The van der Waals surface area contributed by atoms with Gasteiger partial charge in [0.05, 0.1) is 0 Å². The van der Waals surface area contributed by atoms with Gasteiger partial charge < -0.3 is 10.0 Å². The number of carboxylic acid groups (broad SMARTS) is 1. The van der Waals surface area contributed by atoms with E-state index in [1.807, 2.05) is 0 Å². The van der Waals surface area contributed by atoms with Crippen molar-refractivity contribution >= 4 is 11.9 Å². The summed E-state index contributed by atoms with van der Waals surface area (Å²) in [6.07, 6.45) is 3.57. The van der Waals surface area contributed by atoms with E-state index in [-0.39, 0.29) is 12.5 Å². The molecule has 0 atom stereocenters. The lowest BCUT2D eigenvalue weighted by Gasteiger charge is -2.20. The molecule has 0 aromatic carbocycles. The number of carboxylic acids is 1. The van der Waals surface area contributed by atoms with Crippen LogP contribution in [-0.2, 0) is 9.59 Å². The molecule has 1 fully saturated rings. The van der Waals surface area contributed by atoms with Gasteiger partial charge in [-0.25, -0.2) is 0 Å². The molecular formula is C12H21NO3. The van der Waals surface area contributed by atoms with Crippen LogP contribution in [0.25, 0.3) is 0 Å². The Hall–Kier alpha value is -1.06. The first-order valence-corrected chi connectivity index (χ1v) is 5.98. The SMILES string of the molecule is CC(C)CCC(=O)N(CC(=O)O)CC1CC1. The van der Waals surface area contributed by atoms with Crippen LogP contribution >= 0.6 is 0 Å². The van der Waals surface area contributed by atoms with Crippen LogP contribution in [-0.4, -0.2) is 35.0 Å². The van der Waals surface area contributed by atoms with Crippen LogP contribution in [0.1, 0.15) is 39.5 Å². The van der Waals surface area contributed by atoms with Gasteiger partial charge in [-0.3, -0.25) is 9.59 Å². The molecule has 92 valence electrons. The van der Waals surface area contributed by atoms with Crippen LogP contribution in [0.5, 0.6) is 0 Å². The van der Waals surface area contributed by atoms with E-state index < -0.39 is 5.97 Å². The Balaban J connectivity index is 2.39. The van der Waals surface area contributed by atoms with E-state index in [2.05, 4.69) is 13.8 Å². The van der Waals surface area contributed by atoms with Crippen molar-refractivity contribution in [3.05, 3.63) is 0 Å². The van der Waals surface area contributed by atoms with E-state index in [9.17, 15) is 9.59 Å². The zero-order chi connectivity index (χ0) is 12.1. The molecule has 1 amide bonds. The molecule has 0 aromatic heterocycles. The molecule has 0 unspecified atom stereocenters. The summed E-state index contributed by atoms with van der Waals surface area (Å²) in [4.78, 5) is 24.0. The van der Waals surface area contributed by atoms with Gasteiger partial charge in [-0.05, 0) is 31.1 Å². The van der Waals surface area contributed by atoms with E-state index in [1.54, 1.807) is 0 Å². The van der Waals surface area contributed by atoms with Crippen LogP contribution in [0, 0.1) is 11.8 Å². The van der Waals surface area contributed by atoms with Gasteiger partial charge in [0.15, 0.2) is 0 Å². The first-order valence-electron chi connectivity index (χ1n) is 5.98. The number of aliphatic carboxylic acids is 1. The van der Waals surface area contributed by atoms with Crippen molar-refractivity contribution in [2.75, 3.05) is 13.1 Å². The summed E-state index contributed by atoms with van der Waals surface area (Å²) in [5, 5.41) is 8.75. The fourth-order valence-electron chi connectivity index (χ4n) is 1.60. The Bertz CT molecular complexity index is 259. The number of rotatable bonds is 7. The summed E-state index contributed by atoms with van der Waals surface area (Å²) in [7, 11) is 0. The van der Waals surface area contributed by atoms with E-state index in [4.69, 9.17) is 5.11 Å². The number of hydrogen-bond acceptors (Lipinski definition) is 2. The highest BCUT2D eigenvalue weighted by Gasteiger charge is 2.27. The van der Waals surface area contributed by atoms with Crippen molar-refractivity contribution in [1.82, 2.24) is 4.90 Å². The molecule has 0 saturated heterocycles. The number of nitrogens with zero attached hydrogens (tertiary/aromatic N) is 1. The zero-order valence-corrected chi connectivity index (χ0v) is 10.1. The van der Waals surface area contributed by atoms with Crippen LogP contribution in [0.4, 0.5) is 0 Å². The van der Waals surface area contributed by atoms with Crippen molar-refractivity contribution < 1.29 is 14.7 Å². The van der Waals surface area contributed by atoms with Gasteiger partial charge in [-0.15, -0.1) is 0 Å². The van der Waals surface area contributed by atoms with E-state index in [1.165, 1.54) is 4.90 Å². The Morgan fingerprint density at radius 3 is 2.44 bits per heavy atom. The maximum absolute atomic E-state index is 11.8. The molecule has 0 spiro atoms. The van der Waals surface area contributed by atoms with E-state index in [0.717, 1.165) is 19.3 Å². The third-order valence-corrected chi connectivity index (χ3v) is 2.79. The molecule has 0 heterocycles. The normalized spacial score (nSPS) is 15.2. The fraction of sp³-hybridized carbons (Fsp3) is 0.833. The molecule has 4 nitrogen and oxygen atoms in total. The van der Waals surface area contributed by atoms with Gasteiger partial charge in [-0.1, -0.05) is 13.8 Å². The first-order chi connectivity index (χ1) is 7.49. The van der Waals surface area contributed by atoms with Crippen LogP contribution in [0.2, 0.25) is 0 Å². The second kappa shape index (κ2) is 5.87. The molecule has 0 aromatic rings. The minimum atomic E-state index is -0.918. The molecule has 1 rings (SSSR count). The summed E-state index contributed by atoms with van der Waals surface area (Å²) in [6, 6.07) is 0. The number of amides is 1. The van der Waals surface area contributed by atoms with Crippen LogP contribution < -0.4 is 0 Å². The molecule has 0 bridgehead atoms. The van der Waals surface area contributed by atoms with E-state index >= 15 is 0 Å². The monoisotopic (exact) mass is 227 g/mol. The predicted molar refractivity (Wildman–Crippen MR) is 61.0 cm³/mol. The standard InChI is InChI=1S/C12H21NO3/c1-9(2)3-6-11(14)13(8-12(15)16)7-10-4-5-10/h9-10H,3-8H2,1-2H3,(H,15,16). The molecule has 0 radical (unpaired) electrons. The highest BCUT2D eigenvalue weighted by atomic mass is 16.4. The van der Waals surface area contributed by atoms with Crippen LogP contribution in [0.15, 0.2) is 0 Å². The zero-order valence-electron chi connectivity index (χ0n) is 10.1. The lowest BCUT2D eigenvalue weighted by molar-refractivity contribution is -0.144. The van der Waals surface area contributed by atoms with Crippen molar-refractivity contribution in [2.24, 2.45) is 11.8 Å². The maximum atomic E-state index is 11.8. The minimum Gasteiger partial charge on any atom is -0.480 e. The average Bonchev–Trinajstić information content (AvgIpc) is 2.96. The second-order valence-corrected chi connectivity index (χ2v) is 5.04. The molecule has 1 aliphatic carbocycles. The number of carbonyl (C=O) groups excluding carboxylic acids is 1. The van der Waals surface area contributed by atoms with Gasteiger partial charge in [0.1, 0.15) is 6.54 Å². The summed E-state index contributed by atoms with van der Waals surface area (Å²) in [5.74, 6) is 0.0976. The van der Waals surface area contributed by atoms with Gasteiger partial charge in [0, 0.05) is 13.0 Å². The van der Waals surface area contributed by atoms with Crippen molar-refractivity contribution in [3.8, 4) is 0 Å². The molecule has 16 heavy (non-hydrogen) atoms. The van der Waals surface area contributed by atoms with Gasteiger partial charge in [0.2, 0.25) is 5.91 Å². The fourth-order valence-corrected chi connectivity index (χ4v) is 1.60. The largest absolute Gasteiger partial charge is 0.480 e. The van der Waals surface area contributed by atoms with Crippen molar-refractivity contribution in [1.29, 1.82) is 0 Å². The smallest absolute Gasteiger partial charge is 0.323 e. The van der Waals surface area contributed by atoms with Gasteiger partial charge in [0.25, 0.3) is 0 Å². The minimum absolute atomic E-state index is 0.0111. The number of hydrogen-bond donors (Lipinski definition) is 1. The third-order valence-electron chi connectivity index (χ3n) is 2.79. The van der Waals surface area contributed by atoms with Gasteiger partial charge >= 0.3 is 5.97 Å². The maximum Gasteiger partial charge on any atom is 0.323 e. The molecule has 0 aliphatic heterocycles. The topological polar surface area (TPSA) is 57.6 Å². The average molecular weight is 227 g/mol. The Morgan fingerprint density at radius 2 is 2.00 bits per heavy atom. The third kappa shape index (κ3) is 5.14. The molecule has 1 N–H and O–H groups in total. The Morgan fingerprint density at radius 1 is 1.38 bits per heavy atom. The van der Waals surface area contributed by atoms with E-state index in [0.29, 0.717) is 24.8 Å². The Kier molecular flexibility index (Phi) is 4.77. The molecule has 4 heteroatoms. The summed E-state index contributed by atoms with van der Waals surface area (Å²) < 4.78 is 0. The Labute approximate surface area is 96.6 Å². The molecular weight excluding hydrogens is 206 g/mol. The summed E-state index contributed by atoms with van der Waals surface area (Å²) in [6.45, 7) is 4.61. The van der Waals surface area contributed by atoms with Crippen molar-refractivity contribution in [3.63, 3.8) is 0 Å². The summed E-state index contributed by atoms with van der Waals surface area (Å²) >= 11 is 0. The lowest BCUT2D eigenvalue weighted by Crippen LogP contribution is -2.37. The van der Waals surface area contributed by atoms with Crippen molar-refractivity contribution in [2.45, 2.75) is 39.5 Å². The number of carbonyl (C=O) groups is 2. The highest BCUT2D eigenvalue weighted by Crippen LogP contribution is 2.29. The predicted octanol–water partition coefficient (Wildman–Crippen LogP) is 1.75. The van der Waals surface area contributed by atoms with Crippen LogP contribution in [0.3, 0.4) is 0 Å². The summed E-state index contributed by atoms with van der Waals surface area (Å²) in [5.41, 5.74) is 0. The molecule has 1 saturated carbocycles. The molecule has 1 aliphatic rings. The lowest BCUT2D eigenvalue weighted by atomic mass is 10.1. The van der Waals surface area contributed by atoms with Gasteiger partial charge in [-0.2, -0.15) is 0 Å². The highest BCUT2D eigenvalue weighted by molar-refractivity contribution is 5.81.